The lowest BCUT2D eigenvalue weighted by atomic mass is 10.1. The predicted molar refractivity (Wildman–Crippen MR) is 146 cm³/mol. The summed E-state index contributed by atoms with van der Waals surface area (Å²) >= 11 is 1.50. The normalized spacial score (nSPS) is 11.1. The van der Waals surface area contributed by atoms with Gasteiger partial charge in [0.15, 0.2) is 11.6 Å². The highest BCUT2D eigenvalue weighted by Gasteiger charge is 2.20. The second-order valence-corrected chi connectivity index (χ2v) is 10.2. The molecule has 204 valence electrons. The van der Waals surface area contributed by atoms with Crippen LogP contribution in [0, 0.1) is 18.6 Å². The molecule has 0 unspecified atom stereocenters. The van der Waals surface area contributed by atoms with Crippen molar-refractivity contribution in [2.75, 3.05) is 0 Å². The molecule has 11 heteroatoms. The van der Waals surface area contributed by atoms with E-state index in [4.69, 9.17) is 9.84 Å². The minimum absolute atomic E-state index is 0.0507. The minimum Gasteiger partial charge on any atom is -0.486 e. The molecule has 0 atom stereocenters. The Labute approximate surface area is 232 Å². The average Bonchev–Trinajstić information content (AvgIpc) is 3.52. The Morgan fingerprint density at radius 3 is 2.62 bits per heavy atom. The van der Waals surface area contributed by atoms with Crippen LogP contribution in [-0.4, -0.2) is 31.7 Å². The van der Waals surface area contributed by atoms with Gasteiger partial charge in [-0.2, -0.15) is 5.10 Å². The highest BCUT2D eigenvalue weighted by atomic mass is 32.2. The van der Waals surface area contributed by atoms with Gasteiger partial charge in [0.05, 0.1) is 17.3 Å². The van der Waals surface area contributed by atoms with Crippen LogP contribution in [0.5, 0.6) is 5.75 Å². The summed E-state index contributed by atoms with van der Waals surface area (Å²) in [5.74, 6) is -3.46. The van der Waals surface area contributed by atoms with Gasteiger partial charge in [0.2, 0.25) is 0 Å². The molecule has 0 aliphatic heterocycles. The molecule has 0 saturated carbocycles. The van der Waals surface area contributed by atoms with E-state index >= 15 is 4.39 Å². The number of carbonyl (C=O) groups is 2. The summed E-state index contributed by atoms with van der Waals surface area (Å²) in [6.07, 6.45) is 1.74. The molecule has 40 heavy (non-hydrogen) atoms. The minimum atomic E-state index is -1.06. The summed E-state index contributed by atoms with van der Waals surface area (Å²) in [6, 6.07) is 15.8. The number of rotatable bonds is 9. The van der Waals surface area contributed by atoms with E-state index in [1.807, 2.05) is 25.1 Å². The van der Waals surface area contributed by atoms with E-state index in [-0.39, 0.29) is 30.0 Å². The zero-order valence-electron chi connectivity index (χ0n) is 21.5. The molecule has 5 rings (SSSR count). The van der Waals surface area contributed by atoms with E-state index < -0.39 is 23.5 Å². The highest BCUT2D eigenvalue weighted by molar-refractivity contribution is 7.99. The number of nitrogens with zero attached hydrogens (tertiary/aromatic N) is 2. The molecule has 2 aromatic heterocycles. The Morgan fingerprint density at radius 2 is 1.88 bits per heavy atom. The Kier molecular flexibility index (Phi) is 7.56. The zero-order valence-corrected chi connectivity index (χ0v) is 22.3. The van der Waals surface area contributed by atoms with Gasteiger partial charge in [0.1, 0.15) is 18.1 Å². The van der Waals surface area contributed by atoms with Gasteiger partial charge in [-0.15, -0.1) is 0 Å². The average molecular weight is 563 g/mol. The number of aromatic nitrogens is 3. The van der Waals surface area contributed by atoms with Crippen LogP contribution >= 0.6 is 11.8 Å². The number of carboxylic acids is 1. The number of H-pyrrole nitrogens is 1. The van der Waals surface area contributed by atoms with Crippen molar-refractivity contribution in [3.05, 3.63) is 107 Å². The maximum Gasteiger partial charge on any atom is 0.335 e. The highest BCUT2D eigenvalue weighted by Crippen LogP contribution is 2.33. The lowest BCUT2D eigenvalue weighted by Crippen LogP contribution is -2.26. The summed E-state index contributed by atoms with van der Waals surface area (Å²) in [7, 11) is 1.76. The number of ether oxygens (including phenoxy) is 1. The van der Waals surface area contributed by atoms with Crippen molar-refractivity contribution in [2.45, 2.75) is 29.9 Å². The second-order valence-electron chi connectivity index (χ2n) is 9.07. The zero-order chi connectivity index (χ0) is 28.4. The molecule has 3 N–H and O–H groups in total. The van der Waals surface area contributed by atoms with E-state index in [2.05, 4.69) is 15.5 Å². The second kappa shape index (κ2) is 11.2. The molecule has 0 spiro atoms. The van der Waals surface area contributed by atoms with Crippen LogP contribution < -0.4 is 10.1 Å². The third-order valence-electron chi connectivity index (χ3n) is 6.53. The molecule has 3 aromatic carbocycles. The Bertz CT molecular complexity index is 1730. The molecule has 5 aromatic rings. The summed E-state index contributed by atoms with van der Waals surface area (Å²) in [4.78, 5) is 25.9. The van der Waals surface area contributed by atoms with Gasteiger partial charge in [0.25, 0.3) is 5.91 Å². The van der Waals surface area contributed by atoms with Gasteiger partial charge in [-0.1, -0.05) is 23.9 Å². The Morgan fingerprint density at radius 1 is 1.10 bits per heavy atom. The molecule has 0 aliphatic rings. The van der Waals surface area contributed by atoms with Crippen LogP contribution in [-0.2, 0) is 20.2 Å². The third kappa shape index (κ3) is 5.55. The predicted octanol–water partition coefficient (Wildman–Crippen LogP) is 5.85. The summed E-state index contributed by atoms with van der Waals surface area (Å²) < 4.78 is 36.9. The molecule has 8 nitrogen and oxygen atoms in total. The van der Waals surface area contributed by atoms with Crippen LogP contribution in [0.4, 0.5) is 8.78 Å². The molecule has 0 saturated heterocycles. The van der Waals surface area contributed by atoms with Crippen molar-refractivity contribution in [3.63, 3.8) is 0 Å². The van der Waals surface area contributed by atoms with E-state index in [1.165, 1.54) is 30.0 Å². The molecular weight excluding hydrogens is 538 g/mol. The number of nitrogens with one attached hydrogen (secondary N) is 2. The van der Waals surface area contributed by atoms with Crippen molar-refractivity contribution < 1.29 is 28.2 Å². The molecule has 0 radical (unpaired) electrons. The first-order valence-corrected chi connectivity index (χ1v) is 13.0. The van der Waals surface area contributed by atoms with Crippen molar-refractivity contribution in [1.82, 2.24) is 20.1 Å². The maximum absolute atomic E-state index is 15.1. The summed E-state index contributed by atoms with van der Waals surface area (Å²) in [5, 5.41) is 19.5. The van der Waals surface area contributed by atoms with Gasteiger partial charge in [-0.25, -0.2) is 13.6 Å². The van der Waals surface area contributed by atoms with Crippen molar-refractivity contribution in [1.29, 1.82) is 0 Å². The molecule has 0 fully saturated rings. The lowest BCUT2D eigenvalue weighted by Gasteiger charge is -2.13. The molecule has 2 heterocycles. The fourth-order valence-corrected chi connectivity index (χ4v) is 5.15. The molecule has 1 amide bonds. The Hall–Kier alpha value is -4.64. The number of amides is 1. The molecular formula is C29H24F2N4O4S. The maximum atomic E-state index is 15.1. The topological polar surface area (TPSA) is 109 Å². The summed E-state index contributed by atoms with van der Waals surface area (Å²) in [5.41, 5.74) is 2.54. The molecule has 0 aliphatic carbocycles. The Balaban J connectivity index is 1.26. The number of carbonyl (C=O) groups excluding carboxylic acids is 1. The van der Waals surface area contributed by atoms with Crippen LogP contribution in [0.25, 0.3) is 10.9 Å². The van der Waals surface area contributed by atoms with Gasteiger partial charge >= 0.3 is 5.97 Å². The largest absolute Gasteiger partial charge is 0.486 e. The van der Waals surface area contributed by atoms with Crippen molar-refractivity contribution in [2.24, 2.45) is 7.05 Å². The van der Waals surface area contributed by atoms with Gasteiger partial charge in [-0.05, 0) is 61.0 Å². The number of benzene rings is 3. The van der Waals surface area contributed by atoms with Crippen LogP contribution in [0.3, 0.4) is 0 Å². The van der Waals surface area contributed by atoms with Crippen LogP contribution in [0.1, 0.15) is 37.7 Å². The van der Waals surface area contributed by atoms with Gasteiger partial charge in [0, 0.05) is 40.0 Å². The quantitative estimate of drug-likeness (QED) is 0.208. The number of fused-ring (bicyclic) bond motifs is 1. The van der Waals surface area contributed by atoms with E-state index in [1.54, 1.807) is 36.0 Å². The van der Waals surface area contributed by atoms with Gasteiger partial charge < -0.3 is 19.7 Å². The fraction of sp³-hybridized carbons (Fsp3) is 0.138. The van der Waals surface area contributed by atoms with Crippen molar-refractivity contribution >= 4 is 34.5 Å². The first kappa shape index (κ1) is 26.9. The van der Waals surface area contributed by atoms with Crippen LogP contribution in [0.15, 0.2) is 76.7 Å². The standard InChI is InChI=1S/C29H24F2N4O4S/c1-16-26(40-20-7-9-23-19(11-20)13-33-34-23)12-24(35(16)2)28(36)32-14-21-22(30)8-10-25(27(21)31)39-15-17-3-5-18(6-4-17)29(37)38/h3-13H,14-15H2,1-2H3,(H,32,36)(H,33,34)(H,37,38). The van der Waals surface area contributed by atoms with E-state index in [9.17, 15) is 14.0 Å². The first-order valence-electron chi connectivity index (χ1n) is 12.2. The van der Waals surface area contributed by atoms with Crippen LogP contribution in [0.2, 0.25) is 0 Å². The number of hydrogen-bond donors (Lipinski definition) is 3. The number of halogens is 2. The van der Waals surface area contributed by atoms with Gasteiger partial charge in [-0.3, -0.25) is 9.89 Å². The SMILES string of the molecule is Cc1c(Sc2ccc3[nH]ncc3c2)cc(C(=O)NCc2c(F)ccc(OCc3ccc(C(=O)O)cc3)c2F)n1C. The molecule has 0 bridgehead atoms. The lowest BCUT2D eigenvalue weighted by molar-refractivity contribution is 0.0696. The van der Waals surface area contributed by atoms with E-state index in [0.29, 0.717) is 11.3 Å². The summed E-state index contributed by atoms with van der Waals surface area (Å²) in [6.45, 7) is 1.46. The number of aromatic carboxylic acids is 1. The monoisotopic (exact) mass is 562 g/mol. The number of aromatic amines is 1. The number of carboxylic acid groups (broad SMARTS) is 1. The van der Waals surface area contributed by atoms with E-state index in [0.717, 1.165) is 32.5 Å². The fourth-order valence-electron chi connectivity index (χ4n) is 4.12. The first-order chi connectivity index (χ1) is 19.2. The smallest absolute Gasteiger partial charge is 0.335 e. The third-order valence-corrected chi connectivity index (χ3v) is 7.66. The number of hydrogen-bond acceptors (Lipinski definition) is 5. The van der Waals surface area contributed by atoms with Crippen molar-refractivity contribution in [3.8, 4) is 5.75 Å².